The maximum atomic E-state index is 4.46. The van der Waals surface area contributed by atoms with Crippen LogP contribution in [-0.4, -0.2) is 37.0 Å². The van der Waals surface area contributed by atoms with Crippen LogP contribution < -0.4 is 5.32 Å². The molecule has 3 unspecified atom stereocenters. The molecule has 1 aromatic carbocycles. The number of nitrogens with one attached hydrogen (secondary N) is 1. The minimum absolute atomic E-state index is 0. The maximum Gasteiger partial charge on any atom is 0.193 e. The lowest BCUT2D eigenvalue weighted by atomic mass is 9.99. The van der Waals surface area contributed by atoms with Gasteiger partial charge < -0.3 is 10.2 Å². The first-order chi connectivity index (χ1) is 9.76. The van der Waals surface area contributed by atoms with E-state index in [9.17, 15) is 0 Å². The number of halogens is 1. The second-order valence-corrected chi connectivity index (χ2v) is 6.30. The first kappa shape index (κ1) is 16.6. The van der Waals surface area contributed by atoms with Gasteiger partial charge in [-0.25, -0.2) is 0 Å². The Morgan fingerprint density at radius 1 is 1.33 bits per heavy atom. The average molecular weight is 399 g/mol. The van der Waals surface area contributed by atoms with Crippen molar-refractivity contribution >= 4 is 29.9 Å². The van der Waals surface area contributed by atoms with Crippen LogP contribution in [0.25, 0.3) is 0 Å². The lowest BCUT2D eigenvalue weighted by molar-refractivity contribution is 0.458. The van der Waals surface area contributed by atoms with Gasteiger partial charge in [0.25, 0.3) is 0 Å². The van der Waals surface area contributed by atoms with Crippen molar-refractivity contribution in [1.82, 2.24) is 10.2 Å². The van der Waals surface area contributed by atoms with Crippen molar-refractivity contribution in [1.29, 1.82) is 0 Å². The van der Waals surface area contributed by atoms with Crippen LogP contribution in [0.5, 0.6) is 0 Å². The molecule has 0 amide bonds. The molecule has 1 saturated carbocycles. The van der Waals surface area contributed by atoms with Gasteiger partial charge in [-0.15, -0.1) is 24.0 Å². The van der Waals surface area contributed by atoms with Crippen LogP contribution in [0.4, 0.5) is 0 Å². The Hall–Kier alpha value is -0.780. The zero-order valence-electron chi connectivity index (χ0n) is 13.0. The molecule has 2 aliphatic rings. The fraction of sp³-hybridized carbons (Fsp3) is 0.588. The maximum absolute atomic E-state index is 4.46. The van der Waals surface area contributed by atoms with E-state index >= 15 is 0 Å². The summed E-state index contributed by atoms with van der Waals surface area (Å²) in [4.78, 5) is 6.89. The fourth-order valence-corrected chi connectivity index (χ4v) is 3.13. The van der Waals surface area contributed by atoms with Gasteiger partial charge in [-0.2, -0.15) is 0 Å². The van der Waals surface area contributed by atoms with Gasteiger partial charge >= 0.3 is 0 Å². The molecule has 1 aromatic rings. The highest BCUT2D eigenvalue weighted by Gasteiger charge is 2.35. The molecule has 1 N–H and O–H groups in total. The number of nitrogens with zero attached hydrogens (tertiary/aromatic N) is 2. The lowest BCUT2D eigenvalue weighted by Crippen LogP contribution is -2.41. The van der Waals surface area contributed by atoms with E-state index < -0.39 is 0 Å². The highest BCUT2D eigenvalue weighted by Crippen LogP contribution is 2.29. The first-order valence-corrected chi connectivity index (χ1v) is 7.78. The number of hydrogen-bond acceptors (Lipinski definition) is 1. The molecule has 0 bridgehead atoms. The molecule has 0 radical (unpaired) electrons. The molecule has 2 fully saturated rings. The highest BCUT2D eigenvalue weighted by molar-refractivity contribution is 14.0. The topological polar surface area (TPSA) is 27.6 Å². The molecule has 1 heterocycles. The van der Waals surface area contributed by atoms with Crippen LogP contribution in [0, 0.1) is 11.8 Å². The fourth-order valence-electron chi connectivity index (χ4n) is 3.13. The van der Waals surface area contributed by atoms with Crippen LogP contribution >= 0.6 is 24.0 Å². The number of hydrogen-bond donors (Lipinski definition) is 1. The van der Waals surface area contributed by atoms with Crippen LogP contribution in [0.3, 0.4) is 0 Å². The summed E-state index contributed by atoms with van der Waals surface area (Å²) in [5, 5.41) is 3.59. The van der Waals surface area contributed by atoms with Gasteiger partial charge in [0.1, 0.15) is 0 Å². The molecule has 116 valence electrons. The monoisotopic (exact) mass is 399 g/mol. The largest absolute Gasteiger partial charge is 0.353 e. The molecule has 3 nitrogen and oxygen atoms in total. The summed E-state index contributed by atoms with van der Waals surface area (Å²) in [6.07, 6.45) is 3.75. The minimum Gasteiger partial charge on any atom is -0.353 e. The van der Waals surface area contributed by atoms with Crippen LogP contribution in [0.15, 0.2) is 35.3 Å². The summed E-state index contributed by atoms with van der Waals surface area (Å²) in [5.74, 6) is 2.68. The summed E-state index contributed by atoms with van der Waals surface area (Å²) < 4.78 is 0. The van der Waals surface area contributed by atoms with Crippen molar-refractivity contribution in [3.05, 3.63) is 35.9 Å². The van der Waals surface area contributed by atoms with Crippen molar-refractivity contribution < 1.29 is 0 Å². The molecule has 1 aliphatic heterocycles. The van der Waals surface area contributed by atoms with Gasteiger partial charge in [0, 0.05) is 26.2 Å². The van der Waals surface area contributed by atoms with Gasteiger partial charge in [0.15, 0.2) is 5.96 Å². The standard InChI is InChI=1S/C17H25N3.HI/c1-13-10-16(13)19-17(18-2)20-9-8-15(12-20)11-14-6-4-3-5-7-14;/h3-7,13,15-16H,8-12H2,1-2H3,(H,18,19);1H. The Bertz CT molecular complexity index is 474. The van der Waals surface area contributed by atoms with Crippen molar-refractivity contribution in [2.75, 3.05) is 20.1 Å². The lowest BCUT2D eigenvalue weighted by Gasteiger charge is -2.21. The molecule has 4 heteroatoms. The van der Waals surface area contributed by atoms with Gasteiger partial charge in [0.2, 0.25) is 0 Å². The predicted molar refractivity (Wildman–Crippen MR) is 99.3 cm³/mol. The van der Waals surface area contributed by atoms with Crippen LogP contribution in [-0.2, 0) is 6.42 Å². The summed E-state index contributed by atoms with van der Waals surface area (Å²) in [5.41, 5.74) is 1.46. The number of aliphatic imine (C=N–C) groups is 1. The normalized spacial score (nSPS) is 28.2. The third-order valence-electron chi connectivity index (χ3n) is 4.59. The summed E-state index contributed by atoms with van der Waals surface area (Å²) in [6, 6.07) is 11.5. The quantitative estimate of drug-likeness (QED) is 0.481. The van der Waals surface area contributed by atoms with Crippen molar-refractivity contribution in [3.63, 3.8) is 0 Å². The second kappa shape index (κ2) is 7.47. The molecule has 21 heavy (non-hydrogen) atoms. The molecule has 3 atom stereocenters. The van der Waals surface area contributed by atoms with E-state index in [1.807, 2.05) is 7.05 Å². The number of guanidine groups is 1. The van der Waals surface area contributed by atoms with E-state index in [0.29, 0.717) is 6.04 Å². The van der Waals surface area contributed by atoms with E-state index in [2.05, 4.69) is 52.5 Å². The SMILES string of the molecule is CN=C(NC1CC1C)N1CCC(Cc2ccccc2)C1.I. The third kappa shape index (κ3) is 4.34. The molecular formula is C17H26IN3. The second-order valence-electron chi connectivity index (χ2n) is 6.30. The van der Waals surface area contributed by atoms with E-state index in [1.165, 1.54) is 24.8 Å². The van der Waals surface area contributed by atoms with E-state index in [-0.39, 0.29) is 24.0 Å². The summed E-state index contributed by atoms with van der Waals surface area (Å²) in [6.45, 7) is 4.57. The third-order valence-corrected chi connectivity index (χ3v) is 4.59. The summed E-state index contributed by atoms with van der Waals surface area (Å²) in [7, 11) is 1.90. The Morgan fingerprint density at radius 3 is 2.67 bits per heavy atom. The number of likely N-dealkylation sites (tertiary alicyclic amines) is 1. The average Bonchev–Trinajstić information content (AvgIpc) is 2.97. The Balaban J connectivity index is 0.00000161. The van der Waals surface area contributed by atoms with Crippen LogP contribution in [0.1, 0.15) is 25.3 Å². The van der Waals surface area contributed by atoms with Crippen molar-refractivity contribution in [2.45, 2.75) is 32.2 Å². The van der Waals surface area contributed by atoms with Crippen molar-refractivity contribution in [2.24, 2.45) is 16.8 Å². The molecule has 1 saturated heterocycles. The molecule has 3 rings (SSSR count). The minimum atomic E-state index is 0. The van der Waals surface area contributed by atoms with Crippen LogP contribution in [0.2, 0.25) is 0 Å². The zero-order valence-corrected chi connectivity index (χ0v) is 15.3. The Kier molecular flexibility index (Phi) is 5.90. The number of rotatable bonds is 3. The first-order valence-electron chi connectivity index (χ1n) is 7.78. The zero-order chi connectivity index (χ0) is 13.9. The van der Waals surface area contributed by atoms with Crippen molar-refractivity contribution in [3.8, 4) is 0 Å². The molecule has 0 aromatic heterocycles. The Labute approximate surface area is 145 Å². The number of benzene rings is 1. The Morgan fingerprint density at radius 2 is 2.05 bits per heavy atom. The van der Waals surface area contributed by atoms with E-state index in [4.69, 9.17) is 0 Å². The van der Waals surface area contributed by atoms with E-state index in [1.54, 1.807) is 0 Å². The van der Waals surface area contributed by atoms with Gasteiger partial charge in [0.05, 0.1) is 0 Å². The van der Waals surface area contributed by atoms with Gasteiger partial charge in [-0.1, -0.05) is 37.3 Å². The van der Waals surface area contributed by atoms with Gasteiger partial charge in [-0.3, -0.25) is 4.99 Å². The smallest absolute Gasteiger partial charge is 0.193 e. The molecule has 1 aliphatic carbocycles. The molecular weight excluding hydrogens is 373 g/mol. The highest BCUT2D eigenvalue weighted by atomic mass is 127. The van der Waals surface area contributed by atoms with Gasteiger partial charge in [-0.05, 0) is 36.7 Å². The molecule has 0 spiro atoms. The van der Waals surface area contributed by atoms with E-state index in [0.717, 1.165) is 30.9 Å². The summed E-state index contributed by atoms with van der Waals surface area (Å²) >= 11 is 0. The predicted octanol–water partition coefficient (Wildman–Crippen LogP) is 3.15.